The summed E-state index contributed by atoms with van der Waals surface area (Å²) in [7, 11) is 0. The van der Waals surface area contributed by atoms with Crippen LogP contribution in [0.1, 0.15) is 24.0 Å². The fourth-order valence-electron chi connectivity index (χ4n) is 2.79. The van der Waals surface area contributed by atoms with Crippen LogP contribution in [0.25, 0.3) is 0 Å². The van der Waals surface area contributed by atoms with Crippen LogP contribution in [0.15, 0.2) is 24.3 Å². The molecule has 1 heterocycles. The van der Waals surface area contributed by atoms with Crippen LogP contribution in [-0.2, 0) is 12.8 Å². The van der Waals surface area contributed by atoms with Gasteiger partial charge in [-0.05, 0) is 42.7 Å². The van der Waals surface area contributed by atoms with E-state index in [-0.39, 0.29) is 6.10 Å². The number of hydrogen-bond acceptors (Lipinski definition) is 2. The van der Waals surface area contributed by atoms with E-state index in [9.17, 15) is 5.11 Å². The first-order valence-corrected chi connectivity index (χ1v) is 6.80. The van der Waals surface area contributed by atoms with E-state index in [1.807, 2.05) is 0 Å². The van der Waals surface area contributed by atoms with Crippen molar-refractivity contribution in [2.24, 2.45) is 5.92 Å². The molecule has 17 heavy (non-hydrogen) atoms. The molecule has 2 heteroatoms. The molecule has 0 amide bonds. The highest BCUT2D eigenvalue weighted by atomic mass is 16.3. The average molecular weight is 231 g/mol. The summed E-state index contributed by atoms with van der Waals surface area (Å²) in [4.78, 5) is 2.43. The van der Waals surface area contributed by atoms with Crippen LogP contribution in [0.2, 0.25) is 0 Å². The zero-order valence-electron chi connectivity index (χ0n) is 10.3. The van der Waals surface area contributed by atoms with Crippen molar-refractivity contribution in [1.82, 2.24) is 4.90 Å². The fourth-order valence-corrected chi connectivity index (χ4v) is 2.79. The Morgan fingerprint density at radius 3 is 2.24 bits per heavy atom. The van der Waals surface area contributed by atoms with Gasteiger partial charge in [0.25, 0.3) is 0 Å². The smallest absolute Gasteiger partial charge is 0.0695 e. The maximum absolute atomic E-state index is 10.0. The second kappa shape index (κ2) is 4.79. The van der Waals surface area contributed by atoms with Gasteiger partial charge >= 0.3 is 0 Å². The molecule has 92 valence electrons. The summed E-state index contributed by atoms with van der Waals surface area (Å²) in [5, 5.41) is 10.0. The van der Waals surface area contributed by atoms with Crippen molar-refractivity contribution in [2.75, 3.05) is 19.6 Å². The molecule has 0 bridgehead atoms. The molecule has 1 aliphatic carbocycles. The molecule has 1 atom stereocenters. The molecule has 1 aromatic carbocycles. The minimum Gasteiger partial charge on any atom is -0.392 e. The van der Waals surface area contributed by atoms with Gasteiger partial charge in [0.05, 0.1) is 6.10 Å². The normalized spacial score (nSPS) is 22.9. The van der Waals surface area contributed by atoms with Crippen molar-refractivity contribution in [3.8, 4) is 0 Å². The van der Waals surface area contributed by atoms with Crippen LogP contribution < -0.4 is 0 Å². The van der Waals surface area contributed by atoms with Crippen LogP contribution in [0.5, 0.6) is 0 Å². The maximum Gasteiger partial charge on any atom is 0.0695 e. The Bertz CT molecular complexity index is 359. The number of fused-ring (bicyclic) bond motifs is 1. The van der Waals surface area contributed by atoms with Gasteiger partial charge in [0.1, 0.15) is 0 Å². The van der Waals surface area contributed by atoms with E-state index in [2.05, 4.69) is 29.2 Å². The Labute approximate surface area is 103 Å². The highest BCUT2D eigenvalue weighted by Crippen LogP contribution is 2.33. The Morgan fingerprint density at radius 1 is 1.12 bits per heavy atom. The number of nitrogens with zero attached hydrogens (tertiary/aromatic N) is 1. The largest absolute Gasteiger partial charge is 0.392 e. The molecule has 1 unspecified atom stereocenters. The number of benzene rings is 1. The highest BCUT2D eigenvalue weighted by Gasteiger charge is 2.31. The Kier molecular flexibility index (Phi) is 3.17. The third-order valence-electron chi connectivity index (χ3n) is 4.12. The van der Waals surface area contributed by atoms with E-state index in [0.29, 0.717) is 5.92 Å². The van der Waals surface area contributed by atoms with Gasteiger partial charge in [-0.2, -0.15) is 0 Å². The first-order chi connectivity index (χ1) is 8.33. The summed E-state index contributed by atoms with van der Waals surface area (Å²) < 4.78 is 0. The zero-order valence-corrected chi connectivity index (χ0v) is 10.3. The number of β-amino-alcohol motifs (C(OH)–C–C–N with tert-alkyl or cyclic N) is 1. The van der Waals surface area contributed by atoms with Gasteiger partial charge in [0.2, 0.25) is 0 Å². The monoisotopic (exact) mass is 231 g/mol. The molecule has 2 nitrogen and oxygen atoms in total. The van der Waals surface area contributed by atoms with Crippen molar-refractivity contribution in [3.05, 3.63) is 35.4 Å². The lowest BCUT2D eigenvalue weighted by molar-refractivity contribution is 0.0971. The van der Waals surface area contributed by atoms with E-state index < -0.39 is 0 Å². The van der Waals surface area contributed by atoms with Crippen LogP contribution >= 0.6 is 0 Å². The lowest BCUT2D eigenvalue weighted by Crippen LogP contribution is -2.35. The Morgan fingerprint density at radius 2 is 1.71 bits per heavy atom. The number of hydrogen-bond donors (Lipinski definition) is 1. The Hall–Kier alpha value is -0.860. The Balaban J connectivity index is 1.60. The van der Waals surface area contributed by atoms with Crippen LogP contribution in [0.3, 0.4) is 0 Å². The van der Waals surface area contributed by atoms with Gasteiger partial charge in [-0.3, -0.25) is 0 Å². The first kappa shape index (κ1) is 11.2. The van der Waals surface area contributed by atoms with Crippen molar-refractivity contribution in [2.45, 2.75) is 31.8 Å². The molecule has 1 aromatic rings. The third kappa shape index (κ3) is 2.70. The van der Waals surface area contributed by atoms with Gasteiger partial charge < -0.3 is 10.0 Å². The number of rotatable bonds is 3. The van der Waals surface area contributed by atoms with Crippen LogP contribution in [0, 0.1) is 5.92 Å². The fraction of sp³-hybridized carbons (Fsp3) is 0.600. The van der Waals surface area contributed by atoms with Crippen molar-refractivity contribution in [3.63, 3.8) is 0 Å². The number of aliphatic hydroxyl groups is 1. The molecule has 2 aliphatic rings. The molecular weight excluding hydrogens is 210 g/mol. The van der Waals surface area contributed by atoms with Crippen molar-refractivity contribution >= 4 is 0 Å². The van der Waals surface area contributed by atoms with E-state index >= 15 is 0 Å². The second-order valence-corrected chi connectivity index (χ2v) is 5.47. The molecule has 0 aromatic heterocycles. The topological polar surface area (TPSA) is 23.5 Å². The van der Waals surface area contributed by atoms with Gasteiger partial charge in [0.15, 0.2) is 0 Å². The summed E-state index contributed by atoms with van der Waals surface area (Å²) in [5.74, 6) is 0.598. The standard InChI is InChI=1S/C15H21NO/c17-15(14-5-6-14)11-16-9-7-12-3-1-2-4-13(12)8-10-16/h1-4,14-15,17H,5-11H2. The summed E-state index contributed by atoms with van der Waals surface area (Å²) in [5.41, 5.74) is 2.99. The lowest BCUT2D eigenvalue weighted by atomic mass is 10.0. The maximum atomic E-state index is 10.0. The molecule has 1 aliphatic heterocycles. The predicted octanol–water partition coefficient (Wildman–Crippen LogP) is 1.86. The second-order valence-electron chi connectivity index (χ2n) is 5.47. The SMILES string of the molecule is OC(CN1CCc2ccccc2CC1)C1CC1. The molecular formula is C15H21NO. The van der Waals surface area contributed by atoms with E-state index in [1.54, 1.807) is 0 Å². The summed E-state index contributed by atoms with van der Waals surface area (Å²) in [6, 6.07) is 8.76. The van der Waals surface area contributed by atoms with Crippen molar-refractivity contribution < 1.29 is 5.11 Å². The van der Waals surface area contributed by atoms with Gasteiger partial charge in [0, 0.05) is 19.6 Å². The lowest BCUT2D eigenvalue weighted by Gasteiger charge is -2.22. The molecule has 3 rings (SSSR count). The van der Waals surface area contributed by atoms with Crippen molar-refractivity contribution in [1.29, 1.82) is 0 Å². The third-order valence-corrected chi connectivity index (χ3v) is 4.12. The first-order valence-electron chi connectivity index (χ1n) is 6.80. The molecule has 0 radical (unpaired) electrons. The minimum absolute atomic E-state index is 0.0868. The molecule has 0 saturated heterocycles. The van der Waals surface area contributed by atoms with E-state index in [4.69, 9.17) is 0 Å². The van der Waals surface area contributed by atoms with Gasteiger partial charge in [-0.1, -0.05) is 24.3 Å². The number of aliphatic hydroxyl groups excluding tert-OH is 1. The molecule has 1 fully saturated rings. The molecule has 1 N–H and O–H groups in total. The van der Waals surface area contributed by atoms with Gasteiger partial charge in [-0.25, -0.2) is 0 Å². The summed E-state index contributed by atoms with van der Waals surface area (Å²) in [6.07, 6.45) is 4.64. The van der Waals surface area contributed by atoms with Crippen LogP contribution in [-0.4, -0.2) is 35.7 Å². The average Bonchev–Trinajstić information content (AvgIpc) is 3.16. The summed E-state index contributed by atoms with van der Waals surface area (Å²) >= 11 is 0. The quantitative estimate of drug-likeness (QED) is 0.858. The van der Waals surface area contributed by atoms with Crippen LogP contribution in [0.4, 0.5) is 0 Å². The minimum atomic E-state index is -0.0868. The predicted molar refractivity (Wildman–Crippen MR) is 69.0 cm³/mol. The van der Waals surface area contributed by atoms with E-state index in [1.165, 1.54) is 24.0 Å². The highest BCUT2D eigenvalue weighted by molar-refractivity contribution is 5.28. The van der Waals surface area contributed by atoms with E-state index in [0.717, 1.165) is 32.5 Å². The summed E-state index contributed by atoms with van der Waals surface area (Å²) in [6.45, 7) is 3.07. The molecule has 1 saturated carbocycles. The molecule has 0 spiro atoms. The zero-order chi connectivity index (χ0) is 11.7. The van der Waals surface area contributed by atoms with Gasteiger partial charge in [-0.15, -0.1) is 0 Å².